The number of rotatable bonds is 4. The van der Waals surface area contributed by atoms with Crippen LogP contribution < -0.4 is 10.1 Å². The average Bonchev–Trinajstić information content (AvgIpc) is 2.84. The van der Waals surface area contributed by atoms with Crippen molar-refractivity contribution in [1.29, 1.82) is 0 Å². The highest BCUT2D eigenvalue weighted by atomic mass is 35.5. The van der Waals surface area contributed by atoms with Crippen LogP contribution in [0, 0.1) is 6.92 Å². The van der Waals surface area contributed by atoms with Gasteiger partial charge in [0.05, 0.1) is 11.2 Å². The van der Waals surface area contributed by atoms with Gasteiger partial charge in [0.1, 0.15) is 21.4 Å². The fraction of sp³-hybridized carbons (Fsp3) is 0.400. The number of hydrogen-bond acceptors (Lipinski definition) is 5. The van der Waals surface area contributed by atoms with Gasteiger partial charge in [0.25, 0.3) is 0 Å². The number of benzene rings is 1. The van der Waals surface area contributed by atoms with Crippen molar-refractivity contribution in [3.63, 3.8) is 0 Å². The van der Waals surface area contributed by atoms with Gasteiger partial charge in [-0.15, -0.1) is 0 Å². The molecule has 3 aromatic rings. The number of nitrogens with one attached hydrogen (secondary N) is 1. The third-order valence-corrected chi connectivity index (χ3v) is 4.77. The third kappa shape index (κ3) is 4.27. The summed E-state index contributed by atoms with van der Waals surface area (Å²) >= 11 is 7.89. The van der Waals surface area contributed by atoms with Crippen LogP contribution in [0.15, 0.2) is 24.3 Å². The molecule has 3 rings (SSSR count). The van der Waals surface area contributed by atoms with E-state index in [1.54, 1.807) is 0 Å². The molecule has 0 spiro atoms. The Balaban J connectivity index is 2.16. The van der Waals surface area contributed by atoms with Crippen molar-refractivity contribution in [2.45, 2.75) is 53.2 Å². The zero-order valence-corrected chi connectivity index (χ0v) is 17.5. The van der Waals surface area contributed by atoms with Gasteiger partial charge in [-0.3, -0.25) is 0 Å². The van der Waals surface area contributed by atoms with Crippen LogP contribution in [0.1, 0.15) is 40.2 Å². The average molecular weight is 390 g/mol. The van der Waals surface area contributed by atoms with E-state index < -0.39 is 0 Å². The molecule has 2 heterocycles. The van der Waals surface area contributed by atoms with Crippen LogP contribution in [0.2, 0.25) is 4.34 Å². The highest BCUT2D eigenvalue weighted by molar-refractivity contribution is 7.20. The van der Waals surface area contributed by atoms with E-state index in [9.17, 15) is 0 Å². The minimum atomic E-state index is -0.313. The van der Waals surface area contributed by atoms with Crippen molar-refractivity contribution < 1.29 is 4.74 Å². The van der Waals surface area contributed by atoms with Crippen LogP contribution in [0.4, 0.5) is 5.13 Å². The van der Waals surface area contributed by atoms with Crippen LogP contribution >= 0.6 is 22.9 Å². The Morgan fingerprint density at radius 3 is 2.54 bits per heavy atom. The summed E-state index contributed by atoms with van der Waals surface area (Å²) in [4.78, 5) is 9.45. The summed E-state index contributed by atoms with van der Waals surface area (Å²) in [6.07, 6.45) is 0. The van der Waals surface area contributed by atoms with Gasteiger partial charge in [-0.25, -0.2) is 9.97 Å². The fourth-order valence-corrected chi connectivity index (χ4v) is 3.82. The van der Waals surface area contributed by atoms with Gasteiger partial charge in [-0.1, -0.05) is 29.0 Å². The number of anilines is 1. The lowest BCUT2D eigenvalue weighted by Crippen LogP contribution is -2.23. The lowest BCUT2D eigenvalue weighted by atomic mass is 10.1. The fourth-order valence-electron chi connectivity index (χ4n) is 2.61. The summed E-state index contributed by atoms with van der Waals surface area (Å²) in [5.74, 6) is 0.792. The molecule has 0 fully saturated rings. The van der Waals surface area contributed by atoms with Crippen molar-refractivity contribution >= 4 is 39.0 Å². The number of halogens is 1. The first kappa shape index (κ1) is 18.9. The Labute approximate surface area is 163 Å². The number of aromatic nitrogens is 2. The number of ether oxygens (including phenoxy) is 1. The molecule has 138 valence electrons. The number of thiazole rings is 1. The lowest BCUT2D eigenvalue weighted by Gasteiger charge is -2.23. The van der Waals surface area contributed by atoms with Gasteiger partial charge >= 0.3 is 0 Å². The zero-order chi connectivity index (χ0) is 19.1. The molecule has 2 aromatic heterocycles. The quantitative estimate of drug-likeness (QED) is 0.567. The number of pyridine rings is 1. The largest absolute Gasteiger partial charge is 0.487 e. The first-order valence-electron chi connectivity index (χ1n) is 8.66. The zero-order valence-electron chi connectivity index (χ0n) is 16.0. The van der Waals surface area contributed by atoms with Crippen LogP contribution in [0.25, 0.3) is 22.3 Å². The van der Waals surface area contributed by atoms with Gasteiger partial charge in [-0.2, -0.15) is 0 Å². The molecule has 4 nitrogen and oxygen atoms in total. The molecule has 0 aliphatic rings. The first-order chi connectivity index (χ1) is 12.1. The summed E-state index contributed by atoms with van der Waals surface area (Å²) in [6.45, 7) is 12.3. The molecular weight excluding hydrogens is 366 g/mol. The Bertz CT molecular complexity index is 944. The number of fused-ring (bicyclic) bond motifs is 1. The highest BCUT2D eigenvalue weighted by Gasteiger charge is 2.19. The van der Waals surface area contributed by atoms with E-state index in [1.807, 2.05) is 26.8 Å². The van der Waals surface area contributed by atoms with Crippen LogP contribution in [0.5, 0.6) is 5.75 Å². The van der Waals surface area contributed by atoms with E-state index in [0.717, 1.165) is 33.0 Å². The molecule has 0 saturated heterocycles. The van der Waals surface area contributed by atoms with E-state index in [4.69, 9.17) is 21.3 Å². The monoisotopic (exact) mass is 389 g/mol. The van der Waals surface area contributed by atoms with Crippen molar-refractivity contribution in [3.05, 3.63) is 34.2 Å². The molecular formula is C20H24ClN3OS. The topological polar surface area (TPSA) is 47.0 Å². The molecule has 0 bridgehead atoms. The maximum Gasteiger partial charge on any atom is 0.184 e. The molecule has 26 heavy (non-hydrogen) atoms. The standard InChI is InChI=1S/C20H24ClN3OS/c1-11(2)22-19-24-17(18(21)26-19)15-10-16(25-20(4,5)6)13-8-7-12(3)9-14(13)23-15/h7-11H,1-6H3,(H,22,24). The van der Waals surface area contributed by atoms with Crippen LogP contribution in [0.3, 0.4) is 0 Å². The van der Waals surface area contributed by atoms with E-state index in [2.05, 4.69) is 49.3 Å². The summed E-state index contributed by atoms with van der Waals surface area (Å²) in [5, 5.41) is 5.08. The molecule has 0 atom stereocenters. The molecule has 0 unspecified atom stereocenters. The minimum Gasteiger partial charge on any atom is -0.487 e. The van der Waals surface area contributed by atoms with E-state index >= 15 is 0 Å². The number of aryl methyl sites for hydroxylation is 1. The van der Waals surface area contributed by atoms with Crippen molar-refractivity contribution in [1.82, 2.24) is 9.97 Å². The predicted molar refractivity (Wildman–Crippen MR) is 112 cm³/mol. The second-order valence-corrected chi connectivity index (χ2v) is 9.28. The normalized spacial score (nSPS) is 12.0. The van der Waals surface area contributed by atoms with Crippen LogP contribution in [-0.4, -0.2) is 21.6 Å². The summed E-state index contributed by atoms with van der Waals surface area (Å²) < 4.78 is 6.82. The van der Waals surface area contributed by atoms with Gasteiger partial charge in [0, 0.05) is 17.5 Å². The molecule has 0 amide bonds. The second kappa shape index (κ2) is 7.05. The molecule has 0 saturated carbocycles. The predicted octanol–water partition coefficient (Wildman–Crippen LogP) is 6.32. The van der Waals surface area contributed by atoms with Crippen molar-refractivity contribution in [2.75, 3.05) is 5.32 Å². The Morgan fingerprint density at radius 1 is 1.15 bits per heavy atom. The van der Waals surface area contributed by atoms with Crippen molar-refractivity contribution in [3.8, 4) is 17.1 Å². The Hall–Kier alpha value is -1.85. The summed E-state index contributed by atoms with van der Waals surface area (Å²) in [7, 11) is 0. The van der Waals surface area contributed by atoms with Crippen LogP contribution in [-0.2, 0) is 0 Å². The van der Waals surface area contributed by atoms with Gasteiger partial charge in [0.2, 0.25) is 0 Å². The maximum atomic E-state index is 6.47. The number of hydrogen-bond donors (Lipinski definition) is 1. The first-order valence-corrected chi connectivity index (χ1v) is 9.85. The lowest BCUT2D eigenvalue weighted by molar-refractivity contribution is 0.133. The third-order valence-electron chi connectivity index (χ3n) is 3.58. The molecule has 1 aromatic carbocycles. The smallest absolute Gasteiger partial charge is 0.184 e. The highest BCUT2D eigenvalue weighted by Crippen LogP contribution is 2.38. The molecule has 0 radical (unpaired) electrons. The van der Waals surface area contributed by atoms with Gasteiger partial charge in [0.15, 0.2) is 5.13 Å². The van der Waals surface area contributed by atoms with E-state index in [1.165, 1.54) is 11.3 Å². The molecule has 6 heteroatoms. The summed E-state index contributed by atoms with van der Waals surface area (Å²) in [5.41, 5.74) is 3.12. The molecule has 0 aliphatic heterocycles. The van der Waals surface area contributed by atoms with Gasteiger partial charge < -0.3 is 10.1 Å². The van der Waals surface area contributed by atoms with Crippen molar-refractivity contribution in [2.24, 2.45) is 0 Å². The molecule has 0 aliphatic carbocycles. The van der Waals surface area contributed by atoms with Gasteiger partial charge in [-0.05, 0) is 59.2 Å². The SMILES string of the molecule is Cc1ccc2c(OC(C)(C)C)cc(-c3nc(NC(C)C)sc3Cl)nc2c1. The van der Waals surface area contributed by atoms with E-state index in [0.29, 0.717) is 10.0 Å². The maximum absolute atomic E-state index is 6.47. The minimum absolute atomic E-state index is 0.289. The number of nitrogens with zero attached hydrogens (tertiary/aromatic N) is 2. The Morgan fingerprint density at radius 2 is 1.88 bits per heavy atom. The Kier molecular flexibility index (Phi) is 5.13. The second-order valence-electron chi connectivity index (χ2n) is 7.68. The van der Waals surface area contributed by atoms with E-state index in [-0.39, 0.29) is 11.6 Å². The molecule has 1 N–H and O–H groups in total. The summed E-state index contributed by atoms with van der Waals surface area (Å²) in [6, 6.07) is 8.40.